The van der Waals surface area contributed by atoms with E-state index >= 15 is 0 Å². The van der Waals surface area contributed by atoms with Gasteiger partial charge in [-0.25, -0.2) is 9.97 Å². The third kappa shape index (κ3) is 3.92. The van der Waals surface area contributed by atoms with E-state index in [9.17, 15) is 0 Å². The predicted octanol–water partition coefficient (Wildman–Crippen LogP) is 9.99. The molecular formula is C40H24N4. The maximum absolute atomic E-state index is 4.95. The third-order valence-corrected chi connectivity index (χ3v) is 8.68. The number of aromatic nitrogens is 4. The standard InChI is InChI=1S/C40H24N4/c1-2-29-7-12-37(44-40(29)43-17-1)34-9-4-28-5-10-35-33(8-3-27-6-11-36(34)39(28)38(27)35)32-23-30(25-13-18-41-19-14-25)22-31(24-32)26-15-20-42-21-16-26/h1-24H. The first-order chi connectivity index (χ1) is 21.8. The van der Waals surface area contributed by atoms with Gasteiger partial charge in [0.15, 0.2) is 5.65 Å². The number of rotatable bonds is 4. The Morgan fingerprint density at radius 3 is 1.59 bits per heavy atom. The smallest absolute Gasteiger partial charge is 0.159 e. The summed E-state index contributed by atoms with van der Waals surface area (Å²) in [5.41, 5.74) is 9.77. The van der Waals surface area contributed by atoms with Gasteiger partial charge in [-0.2, -0.15) is 0 Å². The summed E-state index contributed by atoms with van der Waals surface area (Å²) in [7, 11) is 0. The summed E-state index contributed by atoms with van der Waals surface area (Å²) in [4.78, 5) is 18.0. The molecule has 0 unspecified atom stereocenters. The number of hydrogen-bond donors (Lipinski definition) is 0. The van der Waals surface area contributed by atoms with Gasteiger partial charge in [-0.05, 0) is 132 Å². The second kappa shape index (κ2) is 9.79. The summed E-state index contributed by atoms with van der Waals surface area (Å²) >= 11 is 0. The van der Waals surface area contributed by atoms with Crippen molar-refractivity contribution in [3.05, 3.63) is 146 Å². The van der Waals surface area contributed by atoms with Crippen LogP contribution in [-0.4, -0.2) is 19.9 Å². The molecular weight excluding hydrogens is 536 g/mol. The highest BCUT2D eigenvalue weighted by molar-refractivity contribution is 6.27. The quantitative estimate of drug-likeness (QED) is 0.201. The number of pyridine rings is 4. The van der Waals surface area contributed by atoms with E-state index in [1.807, 2.05) is 30.9 Å². The van der Waals surface area contributed by atoms with Gasteiger partial charge >= 0.3 is 0 Å². The Morgan fingerprint density at radius 1 is 0.386 bits per heavy atom. The van der Waals surface area contributed by atoms with Gasteiger partial charge in [0.25, 0.3) is 0 Å². The van der Waals surface area contributed by atoms with Gasteiger partial charge in [-0.3, -0.25) is 9.97 Å². The van der Waals surface area contributed by atoms with Gasteiger partial charge in [0, 0.05) is 41.9 Å². The molecule has 0 atom stereocenters. The number of benzene rings is 5. The lowest BCUT2D eigenvalue weighted by Gasteiger charge is -2.17. The molecule has 4 heteroatoms. The molecule has 0 amide bonds. The summed E-state index contributed by atoms with van der Waals surface area (Å²) in [6.07, 6.45) is 9.20. The minimum atomic E-state index is 0.761. The van der Waals surface area contributed by atoms with Crippen LogP contribution in [0.3, 0.4) is 0 Å². The number of hydrogen-bond acceptors (Lipinski definition) is 4. The summed E-state index contributed by atoms with van der Waals surface area (Å²) in [6.45, 7) is 0. The van der Waals surface area contributed by atoms with Crippen LogP contribution < -0.4 is 0 Å². The first kappa shape index (κ1) is 24.6. The summed E-state index contributed by atoms with van der Waals surface area (Å²) < 4.78 is 0. The Kier molecular flexibility index (Phi) is 5.47. The molecule has 0 aliphatic rings. The van der Waals surface area contributed by atoms with Gasteiger partial charge in [0.1, 0.15) is 0 Å². The lowest BCUT2D eigenvalue weighted by molar-refractivity contribution is 1.29. The van der Waals surface area contributed by atoms with Crippen LogP contribution in [-0.2, 0) is 0 Å². The molecule has 0 aliphatic heterocycles. The van der Waals surface area contributed by atoms with Crippen LogP contribution in [0.25, 0.3) is 88.0 Å². The van der Waals surface area contributed by atoms with E-state index in [1.54, 1.807) is 6.20 Å². The van der Waals surface area contributed by atoms with Crippen molar-refractivity contribution in [3.63, 3.8) is 0 Å². The van der Waals surface area contributed by atoms with E-state index in [0.717, 1.165) is 44.5 Å². The van der Waals surface area contributed by atoms with E-state index in [-0.39, 0.29) is 0 Å². The van der Waals surface area contributed by atoms with Gasteiger partial charge in [0.05, 0.1) is 5.69 Å². The van der Waals surface area contributed by atoms with E-state index < -0.39 is 0 Å². The Hall–Kier alpha value is -6.00. The molecule has 0 saturated carbocycles. The van der Waals surface area contributed by atoms with Gasteiger partial charge < -0.3 is 0 Å². The average molecular weight is 561 g/mol. The molecule has 0 saturated heterocycles. The summed E-state index contributed by atoms with van der Waals surface area (Å²) in [5, 5.41) is 8.47. The van der Waals surface area contributed by atoms with Crippen LogP contribution in [0.4, 0.5) is 0 Å². The zero-order chi connectivity index (χ0) is 29.0. The highest BCUT2D eigenvalue weighted by Crippen LogP contribution is 2.43. The molecule has 9 rings (SSSR count). The SMILES string of the molecule is c1cnc2nc(-c3ccc4ccc5c(-c6cc(-c7ccncc7)cc(-c7ccncc7)c6)ccc6ccc3c4c65)ccc2c1. The first-order valence-corrected chi connectivity index (χ1v) is 14.7. The molecule has 4 nitrogen and oxygen atoms in total. The first-order valence-electron chi connectivity index (χ1n) is 14.7. The molecule has 0 fully saturated rings. The van der Waals surface area contributed by atoms with Crippen LogP contribution in [0, 0.1) is 0 Å². The highest BCUT2D eigenvalue weighted by Gasteiger charge is 2.17. The van der Waals surface area contributed by atoms with Gasteiger partial charge in [-0.1, -0.05) is 48.5 Å². The third-order valence-electron chi connectivity index (χ3n) is 8.68. The largest absolute Gasteiger partial charge is 0.265 e. The second-order valence-corrected chi connectivity index (χ2v) is 11.2. The predicted molar refractivity (Wildman–Crippen MR) is 181 cm³/mol. The van der Waals surface area contributed by atoms with Crippen molar-refractivity contribution in [1.82, 2.24) is 19.9 Å². The maximum atomic E-state index is 4.95. The van der Waals surface area contributed by atoms with Crippen molar-refractivity contribution in [2.75, 3.05) is 0 Å². The van der Waals surface area contributed by atoms with E-state index in [4.69, 9.17) is 4.98 Å². The topological polar surface area (TPSA) is 51.6 Å². The minimum Gasteiger partial charge on any atom is -0.265 e. The monoisotopic (exact) mass is 560 g/mol. The lowest BCUT2D eigenvalue weighted by Crippen LogP contribution is -1.92. The van der Waals surface area contributed by atoms with Crippen LogP contribution in [0.5, 0.6) is 0 Å². The van der Waals surface area contributed by atoms with Gasteiger partial charge in [-0.15, -0.1) is 0 Å². The molecule has 0 radical (unpaired) electrons. The van der Waals surface area contributed by atoms with Crippen molar-refractivity contribution in [2.24, 2.45) is 0 Å². The lowest BCUT2D eigenvalue weighted by atomic mass is 9.86. The van der Waals surface area contributed by atoms with Crippen molar-refractivity contribution < 1.29 is 0 Å². The highest BCUT2D eigenvalue weighted by atomic mass is 14.8. The van der Waals surface area contributed by atoms with Crippen molar-refractivity contribution >= 4 is 43.4 Å². The molecule has 44 heavy (non-hydrogen) atoms. The molecule has 5 aromatic carbocycles. The molecule has 204 valence electrons. The number of fused-ring (bicyclic) bond motifs is 1. The molecule has 0 aliphatic carbocycles. The zero-order valence-corrected chi connectivity index (χ0v) is 23.6. The summed E-state index contributed by atoms with van der Waals surface area (Å²) in [5.74, 6) is 0. The minimum absolute atomic E-state index is 0.761. The van der Waals surface area contributed by atoms with Crippen molar-refractivity contribution in [3.8, 4) is 44.6 Å². The molecule has 9 aromatic rings. The fraction of sp³-hybridized carbons (Fsp3) is 0. The van der Waals surface area contributed by atoms with E-state index in [0.29, 0.717) is 0 Å². The normalized spacial score (nSPS) is 11.6. The molecule has 4 aromatic heterocycles. The second-order valence-electron chi connectivity index (χ2n) is 11.2. The molecule has 0 N–H and O–H groups in total. The van der Waals surface area contributed by atoms with Gasteiger partial charge in [0.2, 0.25) is 0 Å². The fourth-order valence-electron chi connectivity index (χ4n) is 6.58. The number of nitrogens with zero attached hydrogens (tertiary/aromatic N) is 4. The maximum Gasteiger partial charge on any atom is 0.159 e. The van der Waals surface area contributed by atoms with E-state index in [2.05, 4.69) is 124 Å². The fourth-order valence-corrected chi connectivity index (χ4v) is 6.58. The van der Waals surface area contributed by atoms with E-state index in [1.165, 1.54) is 43.4 Å². The van der Waals surface area contributed by atoms with Crippen molar-refractivity contribution in [2.45, 2.75) is 0 Å². The zero-order valence-electron chi connectivity index (χ0n) is 23.6. The van der Waals surface area contributed by atoms with Crippen LogP contribution in [0.2, 0.25) is 0 Å². The Bertz CT molecular complexity index is 2430. The van der Waals surface area contributed by atoms with Crippen LogP contribution in [0.1, 0.15) is 0 Å². The van der Waals surface area contributed by atoms with Crippen molar-refractivity contribution in [1.29, 1.82) is 0 Å². The summed E-state index contributed by atoms with van der Waals surface area (Å²) in [6, 6.07) is 41.3. The van der Waals surface area contributed by atoms with Crippen LogP contribution >= 0.6 is 0 Å². The Morgan fingerprint density at radius 2 is 0.932 bits per heavy atom. The average Bonchev–Trinajstić information content (AvgIpc) is 3.10. The molecule has 4 heterocycles. The molecule has 0 bridgehead atoms. The van der Waals surface area contributed by atoms with Crippen LogP contribution in [0.15, 0.2) is 146 Å². The Labute approximate surface area is 253 Å². The molecule has 0 spiro atoms. The Balaban J connectivity index is 1.30.